The summed E-state index contributed by atoms with van der Waals surface area (Å²) in [6.45, 7) is 5.16. The molecule has 0 bridgehead atoms. The van der Waals surface area contributed by atoms with Crippen molar-refractivity contribution in [2.75, 3.05) is 13.1 Å². The Labute approximate surface area is 182 Å². The summed E-state index contributed by atoms with van der Waals surface area (Å²) in [7, 11) is 0. The number of carbonyl (C=O) groups is 3. The van der Waals surface area contributed by atoms with Gasteiger partial charge in [-0.25, -0.2) is 13.6 Å². The number of nitrogens with one attached hydrogen (secondary N) is 1. The van der Waals surface area contributed by atoms with E-state index in [-0.39, 0.29) is 36.5 Å². The number of aromatic nitrogens is 1. The monoisotopic (exact) mass is 451 g/mol. The first-order valence-corrected chi connectivity index (χ1v) is 9.88. The van der Waals surface area contributed by atoms with Gasteiger partial charge in [0.1, 0.15) is 17.2 Å². The Balaban J connectivity index is 1.69. The van der Waals surface area contributed by atoms with Crippen molar-refractivity contribution in [3.8, 4) is 11.3 Å². The molecule has 1 fully saturated rings. The van der Waals surface area contributed by atoms with Gasteiger partial charge in [-0.3, -0.25) is 9.59 Å². The zero-order valence-electron chi connectivity index (χ0n) is 17.7. The molecule has 0 spiro atoms. The minimum absolute atomic E-state index is 0.0768. The highest BCUT2D eigenvalue weighted by molar-refractivity contribution is 5.93. The van der Waals surface area contributed by atoms with Crippen LogP contribution in [0.15, 0.2) is 28.8 Å². The van der Waals surface area contributed by atoms with Crippen molar-refractivity contribution >= 4 is 18.0 Å². The van der Waals surface area contributed by atoms with Crippen LogP contribution < -0.4 is 5.32 Å². The fourth-order valence-corrected chi connectivity index (χ4v) is 3.31. The molecule has 2 heterocycles. The number of piperidine rings is 1. The molecule has 1 aromatic heterocycles. The van der Waals surface area contributed by atoms with Crippen molar-refractivity contribution in [3.63, 3.8) is 0 Å². The minimum Gasteiger partial charge on any atom is -0.481 e. The van der Waals surface area contributed by atoms with Crippen LogP contribution in [-0.4, -0.2) is 57.9 Å². The van der Waals surface area contributed by atoms with Gasteiger partial charge in [-0.15, -0.1) is 0 Å². The number of nitrogens with zero attached hydrogens (tertiary/aromatic N) is 2. The molecule has 0 aliphatic carbocycles. The van der Waals surface area contributed by atoms with Gasteiger partial charge in [-0.2, -0.15) is 0 Å². The number of rotatable bonds is 4. The summed E-state index contributed by atoms with van der Waals surface area (Å²) < 4.78 is 37.3. The molecule has 1 saturated heterocycles. The topological polar surface area (TPSA) is 122 Å². The predicted octanol–water partition coefficient (Wildman–Crippen LogP) is 3.06. The Morgan fingerprint density at radius 2 is 1.97 bits per heavy atom. The molecule has 2 aromatic rings. The number of carboxylic acids is 1. The van der Waals surface area contributed by atoms with Crippen LogP contribution in [0.1, 0.15) is 37.7 Å². The van der Waals surface area contributed by atoms with Crippen LogP contribution in [0.3, 0.4) is 0 Å². The SMILES string of the molecule is CC(C)(C)OC(=O)N1CC[C@@H](NC(=O)c2cc(-c3ccc(F)cc3F)on2)[C@H](C(=O)O)C1. The van der Waals surface area contributed by atoms with E-state index in [2.05, 4.69) is 10.5 Å². The molecule has 0 saturated carbocycles. The summed E-state index contributed by atoms with van der Waals surface area (Å²) in [5, 5.41) is 15.8. The number of aliphatic carboxylic acids is 1. The van der Waals surface area contributed by atoms with Crippen molar-refractivity contribution in [2.45, 2.75) is 38.8 Å². The number of hydrogen-bond acceptors (Lipinski definition) is 6. The van der Waals surface area contributed by atoms with Crippen LogP contribution in [0, 0.1) is 17.6 Å². The summed E-state index contributed by atoms with van der Waals surface area (Å²) >= 11 is 0. The third-order valence-corrected chi connectivity index (χ3v) is 4.84. The Bertz CT molecular complexity index is 1030. The first-order chi connectivity index (χ1) is 14.9. The molecule has 2 atom stereocenters. The van der Waals surface area contributed by atoms with Gasteiger partial charge in [-0.05, 0) is 39.3 Å². The van der Waals surface area contributed by atoms with Crippen LogP contribution in [0.2, 0.25) is 0 Å². The zero-order chi connectivity index (χ0) is 23.6. The van der Waals surface area contributed by atoms with Crippen molar-refractivity contribution in [1.82, 2.24) is 15.4 Å². The third-order valence-electron chi connectivity index (χ3n) is 4.84. The number of benzene rings is 1. The van der Waals surface area contributed by atoms with Crippen LogP contribution in [0.25, 0.3) is 11.3 Å². The average Bonchev–Trinajstić information content (AvgIpc) is 3.16. The predicted molar refractivity (Wildman–Crippen MR) is 107 cm³/mol. The number of likely N-dealkylation sites (tertiary alicyclic amines) is 1. The molecule has 11 heteroatoms. The molecular weight excluding hydrogens is 428 g/mol. The zero-order valence-corrected chi connectivity index (χ0v) is 17.7. The maximum absolute atomic E-state index is 13.9. The normalized spacial score (nSPS) is 18.8. The van der Waals surface area contributed by atoms with Gasteiger partial charge in [0.25, 0.3) is 5.91 Å². The number of amides is 2. The fraction of sp³-hybridized carbons (Fsp3) is 0.429. The lowest BCUT2D eigenvalue weighted by Gasteiger charge is -2.37. The van der Waals surface area contributed by atoms with Crippen LogP contribution in [0.5, 0.6) is 0 Å². The summed E-state index contributed by atoms with van der Waals surface area (Å²) in [5.74, 6) is -4.69. The van der Waals surface area contributed by atoms with Crippen molar-refractivity contribution in [1.29, 1.82) is 0 Å². The van der Waals surface area contributed by atoms with Gasteiger partial charge in [0.15, 0.2) is 11.5 Å². The smallest absolute Gasteiger partial charge is 0.410 e. The molecule has 1 aliphatic heterocycles. The molecule has 0 radical (unpaired) electrons. The number of carboxylic acid groups (broad SMARTS) is 1. The molecule has 9 nitrogen and oxygen atoms in total. The largest absolute Gasteiger partial charge is 0.481 e. The summed E-state index contributed by atoms with van der Waals surface area (Å²) in [5.41, 5.74) is -0.996. The summed E-state index contributed by atoms with van der Waals surface area (Å²) in [4.78, 5) is 37.9. The van der Waals surface area contributed by atoms with E-state index in [1.165, 1.54) is 11.0 Å². The summed E-state index contributed by atoms with van der Waals surface area (Å²) in [6.07, 6.45) is -0.449. The van der Waals surface area contributed by atoms with E-state index in [0.29, 0.717) is 6.07 Å². The molecule has 0 unspecified atom stereocenters. The van der Waals surface area contributed by atoms with Gasteiger partial charge in [0, 0.05) is 31.3 Å². The minimum atomic E-state index is -1.18. The van der Waals surface area contributed by atoms with Gasteiger partial charge in [0.2, 0.25) is 0 Å². The Kier molecular flexibility index (Phi) is 6.47. The first kappa shape index (κ1) is 23.2. The van der Waals surface area contributed by atoms with Gasteiger partial charge < -0.3 is 24.6 Å². The lowest BCUT2D eigenvalue weighted by atomic mass is 9.92. The lowest BCUT2D eigenvalue weighted by molar-refractivity contribution is -0.144. The second kappa shape index (κ2) is 8.93. The summed E-state index contributed by atoms with van der Waals surface area (Å²) in [6, 6.07) is 3.27. The Morgan fingerprint density at radius 3 is 2.59 bits per heavy atom. The second-order valence-corrected chi connectivity index (χ2v) is 8.44. The van der Waals surface area contributed by atoms with Gasteiger partial charge in [-0.1, -0.05) is 5.16 Å². The standard InChI is InChI=1S/C21H23F2N3O6/c1-21(2,3)31-20(30)26-7-6-15(13(10-26)19(28)29)24-18(27)16-9-17(32-25-16)12-5-4-11(22)8-14(12)23/h4-5,8-9,13,15H,6-7,10H2,1-3H3,(H,24,27)(H,28,29)/t13-,15-/m1/s1. The van der Waals surface area contributed by atoms with E-state index in [1.54, 1.807) is 20.8 Å². The Hall–Kier alpha value is -3.50. The highest BCUT2D eigenvalue weighted by Gasteiger charge is 2.38. The van der Waals surface area contributed by atoms with Crippen LogP contribution in [-0.2, 0) is 9.53 Å². The van der Waals surface area contributed by atoms with Crippen LogP contribution >= 0.6 is 0 Å². The van der Waals surface area contributed by atoms with E-state index < -0.39 is 47.2 Å². The van der Waals surface area contributed by atoms with Crippen molar-refractivity contribution in [3.05, 3.63) is 41.6 Å². The molecule has 2 amide bonds. The quantitative estimate of drug-likeness (QED) is 0.733. The Morgan fingerprint density at radius 1 is 1.25 bits per heavy atom. The van der Waals surface area contributed by atoms with E-state index in [0.717, 1.165) is 12.1 Å². The van der Waals surface area contributed by atoms with E-state index in [4.69, 9.17) is 9.26 Å². The first-order valence-electron chi connectivity index (χ1n) is 9.88. The number of carbonyl (C=O) groups excluding carboxylic acids is 2. The highest BCUT2D eigenvalue weighted by Crippen LogP contribution is 2.25. The molecule has 1 aliphatic rings. The van der Waals surface area contributed by atoms with Gasteiger partial charge >= 0.3 is 12.1 Å². The van der Waals surface area contributed by atoms with E-state index in [9.17, 15) is 28.3 Å². The molecule has 3 rings (SSSR count). The number of halogens is 2. The maximum atomic E-state index is 13.9. The van der Waals surface area contributed by atoms with E-state index in [1.807, 2.05) is 0 Å². The fourth-order valence-electron chi connectivity index (χ4n) is 3.31. The highest BCUT2D eigenvalue weighted by atomic mass is 19.1. The van der Waals surface area contributed by atoms with Crippen LogP contribution in [0.4, 0.5) is 13.6 Å². The molecular formula is C21H23F2N3O6. The molecule has 1 aromatic carbocycles. The van der Waals surface area contributed by atoms with Crippen molar-refractivity contribution < 1.29 is 37.5 Å². The molecule has 172 valence electrons. The van der Waals surface area contributed by atoms with Crippen molar-refractivity contribution in [2.24, 2.45) is 5.92 Å². The lowest BCUT2D eigenvalue weighted by Crippen LogP contribution is -2.55. The molecule has 32 heavy (non-hydrogen) atoms. The maximum Gasteiger partial charge on any atom is 0.410 e. The third kappa shape index (κ3) is 5.40. The molecule has 2 N–H and O–H groups in total. The average molecular weight is 451 g/mol. The van der Waals surface area contributed by atoms with E-state index >= 15 is 0 Å². The number of hydrogen-bond donors (Lipinski definition) is 2. The second-order valence-electron chi connectivity index (χ2n) is 8.44. The number of ether oxygens (including phenoxy) is 1. The van der Waals surface area contributed by atoms with Gasteiger partial charge in [0.05, 0.1) is 11.5 Å².